The Morgan fingerprint density at radius 3 is 2.86 bits per heavy atom. The molecule has 4 atom stereocenters. The van der Waals surface area contributed by atoms with Crippen molar-refractivity contribution in [3.8, 4) is 0 Å². The molecule has 3 saturated heterocycles. The number of rotatable bonds is 0. The highest BCUT2D eigenvalue weighted by Crippen LogP contribution is 2.74. The van der Waals surface area contributed by atoms with Gasteiger partial charge in [0.15, 0.2) is 0 Å². The molecule has 22 heavy (non-hydrogen) atoms. The van der Waals surface area contributed by atoms with Gasteiger partial charge in [0.1, 0.15) is 0 Å². The predicted molar refractivity (Wildman–Crippen MR) is 84.0 cm³/mol. The highest BCUT2D eigenvalue weighted by Gasteiger charge is 2.80. The van der Waals surface area contributed by atoms with Crippen LogP contribution in [0.4, 0.5) is 5.69 Å². The molecule has 0 amide bonds. The van der Waals surface area contributed by atoms with Crippen LogP contribution < -0.4 is 5.32 Å². The van der Waals surface area contributed by atoms with Crippen LogP contribution >= 0.6 is 0 Å². The molecule has 3 aliphatic carbocycles. The second kappa shape index (κ2) is 3.11. The summed E-state index contributed by atoms with van der Waals surface area (Å²) in [5.74, 6) is 0. The number of anilines is 1. The molecule has 0 radical (unpaired) electrons. The number of nitrogens with zero attached hydrogens (tertiary/aromatic N) is 1. The average Bonchev–Trinajstić information content (AvgIpc) is 3.14. The first-order valence-corrected chi connectivity index (χ1v) is 9.06. The lowest BCUT2D eigenvalue weighted by atomic mass is 9.42. The summed E-state index contributed by atoms with van der Waals surface area (Å²) < 4.78 is 6.19. The third-order valence-corrected chi connectivity index (χ3v) is 8.40. The van der Waals surface area contributed by atoms with E-state index >= 15 is 0 Å². The van der Waals surface area contributed by atoms with Gasteiger partial charge in [0.2, 0.25) is 0 Å². The van der Waals surface area contributed by atoms with E-state index in [4.69, 9.17) is 4.74 Å². The summed E-state index contributed by atoms with van der Waals surface area (Å²) >= 11 is 0. The van der Waals surface area contributed by atoms with Crippen molar-refractivity contribution in [1.29, 1.82) is 0 Å². The molecule has 1 aromatic rings. The van der Waals surface area contributed by atoms with Gasteiger partial charge in [-0.3, -0.25) is 4.90 Å². The maximum atomic E-state index is 6.19. The van der Waals surface area contributed by atoms with Crippen molar-refractivity contribution in [1.82, 2.24) is 4.90 Å². The monoisotopic (exact) mass is 294 g/mol. The minimum atomic E-state index is 0.333. The van der Waals surface area contributed by atoms with Crippen LogP contribution in [0.15, 0.2) is 24.3 Å². The van der Waals surface area contributed by atoms with Gasteiger partial charge in [-0.2, -0.15) is 0 Å². The first-order valence-electron chi connectivity index (χ1n) is 9.06. The first-order chi connectivity index (χ1) is 10.8. The number of hydrogen-bond acceptors (Lipinski definition) is 3. The molecule has 3 spiro atoms. The van der Waals surface area contributed by atoms with Crippen molar-refractivity contribution in [2.75, 3.05) is 18.4 Å². The number of benzene rings is 1. The van der Waals surface area contributed by atoms with Crippen molar-refractivity contribution in [2.24, 2.45) is 5.41 Å². The molecule has 2 bridgehead atoms. The molecule has 0 aromatic heterocycles. The largest absolute Gasteiger partial charge is 0.378 e. The molecular formula is C19H22N2O. The van der Waals surface area contributed by atoms with E-state index in [0.717, 1.165) is 6.04 Å². The third-order valence-electron chi connectivity index (χ3n) is 8.40. The van der Waals surface area contributed by atoms with E-state index in [9.17, 15) is 0 Å². The van der Waals surface area contributed by atoms with Crippen LogP contribution in [0.2, 0.25) is 0 Å². The smallest absolute Gasteiger partial charge is 0.0974 e. The van der Waals surface area contributed by atoms with Crippen LogP contribution in [0.5, 0.6) is 0 Å². The number of ether oxygens (including phenoxy) is 1. The average molecular weight is 294 g/mol. The van der Waals surface area contributed by atoms with Crippen LogP contribution in [0.1, 0.15) is 37.7 Å². The molecule has 3 heteroatoms. The third kappa shape index (κ3) is 0.908. The lowest BCUT2D eigenvalue weighted by Crippen LogP contribution is -2.74. The summed E-state index contributed by atoms with van der Waals surface area (Å²) in [5.41, 5.74) is 4.21. The Morgan fingerprint density at radius 2 is 1.95 bits per heavy atom. The van der Waals surface area contributed by atoms with Crippen molar-refractivity contribution >= 4 is 5.69 Å². The number of nitrogens with one attached hydrogen (secondary N) is 1. The van der Waals surface area contributed by atoms with Gasteiger partial charge in [0.05, 0.1) is 12.2 Å². The Kier molecular flexibility index (Phi) is 1.62. The van der Waals surface area contributed by atoms with E-state index in [-0.39, 0.29) is 0 Å². The van der Waals surface area contributed by atoms with E-state index < -0.39 is 0 Å². The minimum Gasteiger partial charge on any atom is -0.378 e. The van der Waals surface area contributed by atoms with E-state index in [1.807, 2.05) is 0 Å². The fourth-order valence-electron chi connectivity index (χ4n) is 7.79. The molecule has 4 aliphatic heterocycles. The van der Waals surface area contributed by atoms with Gasteiger partial charge >= 0.3 is 0 Å². The summed E-state index contributed by atoms with van der Waals surface area (Å²) in [6.45, 7) is 2.47. The zero-order valence-electron chi connectivity index (χ0n) is 12.8. The van der Waals surface area contributed by atoms with Crippen LogP contribution in [0.3, 0.4) is 0 Å². The SMILES string of the molecule is c1ccc2c(c1)NC13CCC4(CC1)[C@@H]1O[C@@H]1CN1CC[C@]23[C@@H]14. The second-order valence-corrected chi connectivity index (χ2v) is 8.70. The Morgan fingerprint density at radius 1 is 1.09 bits per heavy atom. The van der Waals surface area contributed by atoms with E-state index in [1.54, 1.807) is 5.56 Å². The minimum absolute atomic E-state index is 0.333. The maximum Gasteiger partial charge on any atom is 0.0974 e. The fraction of sp³-hybridized carbons (Fsp3) is 0.684. The zero-order chi connectivity index (χ0) is 14.2. The summed E-state index contributed by atoms with van der Waals surface area (Å²) in [6, 6.07) is 9.92. The molecule has 0 unspecified atom stereocenters. The van der Waals surface area contributed by atoms with Crippen molar-refractivity contribution < 1.29 is 4.74 Å². The van der Waals surface area contributed by atoms with E-state index in [0.29, 0.717) is 28.6 Å². The number of fused-ring (bicyclic) bond motifs is 4. The van der Waals surface area contributed by atoms with Crippen molar-refractivity contribution in [3.05, 3.63) is 29.8 Å². The number of para-hydroxylation sites is 1. The van der Waals surface area contributed by atoms with Gasteiger partial charge < -0.3 is 10.1 Å². The van der Waals surface area contributed by atoms with Crippen molar-refractivity contribution in [3.63, 3.8) is 0 Å². The van der Waals surface area contributed by atoms with Gasteiger partial charge in [-0.1, -0.05) is 18.2 Å². The van der Waals surface area contributed by atoms with Gasteiger partial charge in [-0.05, 0) is 50.3 Å². The van der Waals surface area contributed by atoms with Crippen LogP contribution in [0.25, 0.3) is 0 Å². The highest BCUT2D eigenvalue weighted by atomic mass is 16.6. The van der Waals surface area contributed by atoms with Gasteiger partial charge in [-0.25, -0.2) is 0 Å². The molecule has 1 aromatic carbocycles. The Hall–Kier alpha value is -1.06. The van der Waals surface area contributed by atoms with Gasteiger partial charge in [-0.15, -0.1) is 0 Å². The standard InChI is InChI=1S/C19H22N2O/c1-2-4-13-12(3-1)19-9-10-21-11-14-15(22-14)17(16(19)21)5-7-18(19,20-13)8-6-17/h1-4,14-16,20H,5-11H2/t14-,15-,16+,17?,18?,19-/m1/s1. The molecule has 6 fully saturated rings. The maximum absolute atomic E-state index is 6.19. The quantitative estimate of drug-likeness (QED) is 0.745. The van der Waals surface area contributed by atoms with Crippen LogP contribution in [0, 0.1) is 5.41 Å². The van der Waals surface area contributed by atoms with Gasteiger partial charge in [0.25, 0.3) is 0 Å². The molecule has 7 aliphatic rings. The van der Waals surface area contributed by atoms with E-state index in [2.05, 4.69) is 34.5 Å². The highest BCUT2D eigenvalue weighted by molar-refractivity contribution is 5.68. The topological polar surface area (TPSA) is 27.8 Å². The number of hydrogen-bond donors (Lipinski definition) is 1. The Bertz CT molecular complexity index is 707. The van der Waals surface area contributed by atoms with Gasteiger partial charge in [0, 0.05) is 34.6 Å². The summed E-state index contributed by atoms with van der Waals surface area (Å²) in [5, 5.41) is 4.05. The summed E-state index contributed by atoms with van der Waals surface area (Å²) in [4.78, 5) is 2.82. The number of epoxide rings is 1. The lowest BCUT2D eigenvalue weighted by Gasteiger charge is -2.66. The molecule has 8 rings (SSSR count). The molecule has 114 valence electrons. The molecule has 4 heterocycles. The molecule has 3 saturated carbocycles. The van der Waals surface area contributed by atoms with Crippen LogP contribution in [-0.2, 0) is 10.2 Å². The summed E-state index contributed by atoms with van der Waals surface area (Å²) in [6.07, 6.45) is 7.92. The molecule has 1 N–H and O–H groups in total. The van der Waals surface area contributed by atoms with E-state index in [1.165, 1.54) is 50.9 Å². The van der Waals surface area contributed by atoms with Crippen molar-refractivity contribution in [2.45, 2.75) is 61.3 Å². The Balaban J connectivity index is 1.55. The first kappa shape index (κ1) is 11.5. The Labute approximate surface area is 131 Å². The molecular weight excluding hydrogens is 272 g/mol. The fourth-order valence-corrected chi connectivity index (χ4v) is 7.79. The molecule has 3 nitrogen and oxygen atoms in total. The number of piperidine rings is 1. The van der Waals surface area contributed by atoms with Crippen LogP contribution in [-0.4, -0.2) is 41.8 Å². The predicted octanol–water partition coefficient (Wildman–Crippen LogP) is 2.52. The summed E-state index contributed by atoms with van der Waals surface area (Å²) in [7, 11) is 0. The zero-order valence-corrected chi connectivity index (χ0v) is 12.8. The normalized spacial score (nSPS) is 55.9. The second-order valence-electron chi connectivity index (χ2n) is 8.70. The lowest BCUT2D eigenvalue weighted by molar-refractivity contribution is -0.0927.